The molecule has 0 aliphatic heterocycles. The van der Waals surface area contributed by atoms with Crippen molar-refractivity contribution in [2.45, 2.75) is 11.2 Å². The van der Waals surface area contributed by atoms with Crippen LogP contribution in [0.15, 0.2) is 51.4 Å². The molecule has 0 aromatic heterocycles. The molecule has 2 rings (SSSR count). The van der Waals surface area contributed by atoms with E-state index in [1.807, 2.05) is 18.2 Å². The van der Waals surface area contributed by atoms with Crippen LogP contribution < -0.4 is 4.74 Å². The molecule has 0 heterocycles. The fourth-order valence-corrected chi connectivity index (χ4v) is 3.83. The van der Waals surface area contributed by atoms with Gasteiger partial charge in [-0.2, -0.15) is 0 Å². The molecule has 1 atom stereocenters. The molecule has 2 aromatic rings. The minimum absolute atomic E-state index is 0.256. The van der Waals surface area contributed by atoms with Gasteiger partial charge in [0.05, 0.1) is 7.11 Å². The first kappa shape index (κ1) is 15.1. The first-order valence-corrected chi connectivity index (χ1v) is 8.32. The van der Waals surface area contributed by atoms with Crippen molar-refractivity contribution >= 4 is 47.8 Å². The molecule has 0 saturated carbocycles. The van der Waals surface area contributed by atoms with Crippen LogP contribution in [0.25, 0.3) is 0 Å². The highest BCUT2D eigenvalue weighted by atomic mass is 79.9. The van der Waals surface area contributed by atoms with Crippen LogP contribution in [0, 0.1) is 0 Å². The van der Waals surface area contributed by atoms with Crippen LogP contribution in [-0.4, -0.2) is 7.11 Å². The SMILES string of the molecule is COc1cccc(CC(Br)c2cc(Br)ccc2Br)c1. The molecule has 2 aromatic carbocycles. The zero-order valence-electron chi connectivity index (χ0n) is 10.4. The van der Waals surface area contributed by atoms with Crippen molar-refractivity contribution < 1.29 is 4.74 Å². The Kier molecular flexibility index (Phi) is 5.48. The van der Waals surface area contributed by atoms with Crippen LogP contribution in [0.4, 0.5) is 0 Å². The van der Waals surface area contributed by atoms with Gasteiger partial charge in [-0.3, -0.25) is 0 Å². The summed E-state index contributed by atoms with van der Waals surface area (Å²) in [6.07, 6.45) is 0.909. The molecule has 0 aliphatic rings. The van der Waals surface area contributed by atoms with Gasteiger partial charge in [-0.15, -0.1) is 0 Å². The second-order valence-electron chi connectivity index (χ2n) is 4.19. The molecular formula is C15H13Br3O. The highest BCUT2D eigenvalue weighted by Gasteiger charge is 2.12. The molecule has 0 radical (unpaired) electrons. The van der Waals surface area contributed by atoms with E-state index in [9.17, 15) is 0 Å². The lowest BCUT2D eigenvalue weighted by atomic mass is 10.0. The number of hydrogen-bond acceptors (Lipinski definition) is 1. The monoisotopic (exact) mass is 446 g/mol. The van der Waals surface area contributed by atoms with E-state index in [1.165, 1.54) is 11.1 Å². The summed E-state index contributed by atoms with van der Waals surface area (Å²) < 4.78 is 7.45. The van der Waals surface area contributed by atoms with Gasteiger partial charge in [-0.1, -0.05) is 59.9 Å². The number of ether oxygens (including phenoxy) is 1. The van der Waals surface area contributed by atoms with Crippen molar-refractivity contribution in [1.82, 2.24) is 0 Å². The molecule has 0 N–H and O–H groups in total. The molecule has 0 amide bonds. The number of hydrogen-bond donors (Lipinski definition) is 0. The van der Waals surface area contributed by atoms with Gasteiger partial charge in [0.15, 0.2) is 0 Å². The van der Waals surface area contributed by atoms with Crippen molar-refractivity contribution in [3.8, 4) is 5.75 Å². The van der Waals surface area contributed by atoms with E-state index in [1.54, 1.807) is 7.11 Å². The molecule has 1 nitrogen and oxygen atoms in total. The molecule has 1 unspecified atom stereocenters. The van der Waals surface area contributed by atoms with Gasteiger partial charge in [0, 0.05) is 13.8 Å². The van der Waals surface area contributed by atoms with E-state index in [2.05, 4.69) is 72.1 Å². The number of methoxy groups -OCH3 is 1. The number of halogens is 3. The molecule has 19 heavy (non-hydrogen) atoms. The first-order valence-electron chi connectivity index (χ1n) is 5.82. The first-order chi connectivity index (χ1) is 9.10. The third-order valence-electron chi connectivity index (χ3n) is 2.84. The summed E-state index contributed by atoms with van der Waals surface area (Å²) in [6.45, 7) is 0. The smallest absolute Gasteiger partial charge is 0.119 e. The van der Waals surface area contributed by atoms with Gasteiger partial charge in [-0.25, -0.2) is 0 Å². The lowest BCUT2D eigenvalue weighted by Crippen LogP contribution is -1.97. The quantitative estimate of drug-likeness (QED) is 0.529. The summed E-state index contributed by atoms with van der Waals surface area (Å²) >= 11 is 10.9. The van der Waals surface area contributed by atoms with Crippen LogP contribution >= 0.6 is 47.8 Å². The van der Waals surface area contributed by atoms with Gasteiger partial charge >= 0.3 is 0 Å². The van der Waals surface area contributed by atoms with Crippen LogP contribution in [-0.2, 0) is 6.42 Å². The Balaban J connectivity index is 2.20. The van der Waals surface area contributed by atoms with Crippen LogP contribution in [0.5, 0.6) is 5.75 Å². The van der Waals surface area contributed by atoms with Crippen LogP contribution in [0.2, 0.25) is 0 Å². The summed E-state index contributed by atoms with van der Waals surface area (Å²) in [7, 11) is 1.69. The highest BCUT2D eigenvalue weighted by Crippen LogP contribution is 2.34. The van der Waals surface area contributed by atoms with Gasteiger partial charge in [0.1, 0.15) is 5.75 Å². The zero-order chi connectivity index (χ0) is 13.8. The Labute approximate surface area is 138 Å². The maximum atomic E-state index is 5.25. The Bertz CT molecular complexity index is 569. The Morgan fingerprint density at radius 1 is 1.11 bits per heavy atom. The largest absolute Gasteiger partial charge is 0.497 e. The second-order valence-corrected chi connectivity index (χ2v) is 7.06. The summed E-state index contributed by atoms with van der Waals surface area (Å²) in [5.41, 5.74) is 2.48. The van der Waals surface area contributed by atoms with E-state index in [0.717, 1.165) is 21.1 Å². The lowest BCUT2D eigenvalue weighted by Gasteiger charge is -2.13. The van der Waals surface area contributed by atoms with Crippen molar-refractivity contribution in [1.29, 1.82) is 0 Å². The average Bonchev–Trinajstić information content (AvgIpc) is 2.41. The summed E-state index contributed by atoms with van der Waals surface area (Å²) in [4.78, 5) is 0.256. The molecule has 0 aliphatic carbocycles. The predicted octanol–water partition coefficient (Wildman–Crippen LogP) is 5.90. The predicted molar refractivity (Wildman–Crippen MR) is 90.2 cm³/mol. The maximum Gasteiger partial charge on any atom is 0.119 e. The van der Waals surface area contributed by atoms with E-state index < -0.39 is 0 Å². The minimum atomic E-state index is 0.256. The van der Waals surface area contributed by atoms with Crippen molar-refractivity contribution in [3.63, 3.8) is 0 Å². The Hall–Kier alpha value is -0.320. The van der Waals surface area contributed by atoms with Gasteiger partial charge < -0.3 is 4.74 Å². The van der Waals surface area contributed by atoms with Crippen molar-refractivity contribution in [2.24, 2.45) is 0 Å². The molecule has 0 bridgehead atoms. The molecule has 0 fully saturated rings. The zero-order valence-corrected chi connectivity index (χ0v) is 15.1. The number of rotatable bonds is 4. The van der Waals surface area contributed by atoms with Gasteiger partial charge in [0.2, 0.25) is 0 Å². The van der Waals surface area contributed by atoms with E-state index in [0.29, 0.717) is 0 Å². The minimum Gasteiger partial charge on any atom is -0.497 e. The Morgan fingerprint density at radius 3 is 2.63 bits per heavy atom. The summed E-state index contributed by atoms with van der Waals surface area (Å²) in [6, 6.07) is 14.4. The van der Waals surface area contributed by atoms with Crippen LogP contribution in [0.3, 0.4) is 0 Å². The number of alkyl halides is 1. The van der Waals surface area contributed by atoms with E-state index in [4.69, 9.17) is 4.74 Å². The molecule has 100 valence electrons. The highest BCUT2D eigenvalue weighted by molar-refractivity contribution is 9.11. The van der Waals surface area contributed by atoms with Crippen molar-refractivity contribution in [2.75, 3.05) is 7.11 Å². The van der Waals surface area contributed by atoms with Crippen molar-refractivity contribution in [3.05, 3.63) is 62.5 Å². The third-order valence-corrected chi connectivity index (χ3v) is 4.88. The lowest BCUT2D eigenvalue weighted by molar-refractivity contribution is 0.414. The fourth-order valence-electron chi connectivity index (χ4n) is 1.87. The fraction of sp³-hybridized carbons (Fsp3) is 0.200. The van der Waals surface area contributed by atoms with Gasteiger partial charge in [-0.05, 0) is 47.9 Å². The maximum absolute atomic E-state index is 5.25. The van der Waals surface area contributed by atoms with E-state index >= 15 is 0 Å². The third kappa shape index (κ3) is 4.07. The van der Waals surface area contributed by atoms with E-state index in [-0.39, 0.29) is 4.83 Å². The molecular weight excluding hydrogens is 436 g/mol. The van der Waals surface area contributed by atoms with Gasteiger partial charge in [0.25, 0.3) is 0 Å². The van der Waals surface area contributed by atoms with Crippen LogP contribution in [0.1, 0.15) is 16.0 Å². The molecule has 0 spiro atoms. The molecule has 4 heteroatoms. The normalized spacial score (nSPS) is 12.2. The summed E-state index contributed by atoms with van der Waals surface area (Å²) in [5, 5.41) is 0. The summed E-state index contributed by atoms with van der Waals surface area (Å²) in [5.74, 6) is 0.894. The average molecular weight is 449 g/mol. The standard InChI is InChI=1S/C15H13Br3O/c1-19-12-4-2-3-10(7-12)8-15(18)13-9-11(16)5-6-14(13)17/h2-7,9,15H,8H2,1H3. The number of benzene rings is 2. The Morgan fingerprint density at radius 2 is 1.89 bits per heavy atom. The topological polar surface area (TPSA) is 9.23 Å². The molecule has 0 saturated heterocycles. The second kappa shape index (κ2) is 6.91.